The Bertz CT molecular complexity index is 1680. The number of para-hydroxylation sites is 1. The Kier molecular flexibility index (Phi) is 5.93. The minimum absolute atomic E-state index is 0.110. The second-order valence-corrected chi connectivity index (χ2v) is 10.2. The maximum atomic E-state index is 14.3. The first-order valence-electron chi connectivity index (χ1n) is 11.4. The number of hydrogen-bond acceptors (Lipinski definition) is 6. The van der Waals surface area contributed by atoms with Crippen LogP contribution in [-0.4, -0.2) is 23.0 Å². The van der Waals surface area contributed by atoms with Crippen LogP contribution >= 0.6 is 22.7 Å². The van der Waals surface area contributed by atoms with Gasteiger partial charge in [0.25, 0.3) is 5.91 Å². The summed E-state index contributed by atoms with van der Waals surface area (Å²) in [5.41, 5.74) is 4.05. The first kappa shape index (κ1) is 22.4. The molecule has 0 aliphatic carbocycles. The van der Waals surface area contributed by atoms with Gasteiger partial charge in [0.05, 0.1) is 45.5 Å². The van der Waals surface area contributed by atoms with E-state index < -0.39 is 0 Å². The molecular weight excluding hydrogens is 486 g/mol. The normalized spacial score (nSPS) is 11.1. The van der Waals surface area contributed by atoms with Gasteiger partial charge in [0.1, 0.15) is 5.75 Å². The van der Waals surface area contributed by atoms with Gasteiger partial charge in [-0.25, -0.2) is 9.97 Å². The predicted octanol–water partition coefficient (Wildman–Crippen LogP) is 7.43. The molecule has 0 fully saturated rings. The number of thiophene rings is 1. The van der Waals surface area contributed by atoms with Crippen molar-refractivity contribution in [2.75, 3.05) is 12.0 Å². The van der Waals surface area contributed by atoms with Crippen LogP contribution < -0.4 is 9.64 Å². The number of nitrogens with zero attached hydrogens (tertiary/aromatic N) is 3. The van der Waals surface area contributed by atoms with E-state index in [1.165, 1.54) is 11.3 Å². The van der Waals surface area contributed by atoms with E-state index in [1.54, 1.807) is 23.3 Å². The Morgan fingerprint density at radius 2 is 1.72 bits per heavy atom. The van der Waals surface area contributed by atoms with Gasteiger partial charge >= 0.3 is 0 Å². The number of pyridine rings is 1. The topological polar surface area (TPSA) is 55.3 Å². The molecule has 5 nitrogen and oxygen atoms in total. The van der Waals surface area contributed by atoms with E-state index in [9.17, 15) is 4.79 Å². The molecular formula is C29H21N3O2S2. The van der Waals surface area contributed by atoms with Crippen LogP contribution in [-0.2, 0) is 6.54 Å². The van der Waals surface area contributed by atoms with Crippen LogP contribution in [0.5, 0.6) is 5.75 Å². The number of anilines is 1. The summed E-state index contributed by atoms with van der Waals surface area (Å²) in [7, 11) is 1.65. The van der Waals surface area contributed by atoms with Crippen molar-refractivity contribution in [2.45, 2.75) is 6.54 Å². The van der Waals surface area contributed by atoms with Gasteiger partial charge in [-0.1, -0.05) is 65.9 Å². The molecule has 7 heteroatoms. The monoisotopic (exact) mass is 507 g/mol. The van der Waals surface area contributed by atoms with E-state index in [0.717, 1.165) is 43.0 Å². The molecule has 3 aromatic carbocycles. The van der Waals surface area contributed by atoms with Crippen LogP contribution in [0.4, 0.5) is 5.13 Å². The number of hydrogen-bond donors (Lipinski definition) is 0. The van der Waals surface area contributed by atoms with Crippen molar-refractivity contribution in [3.8, 4) is 16.3 Å². The Morgan fingerprint density at radius 3 is 2.53 bits per heavy atom. The fraction of sp³-hybridized carbons (Fsp3) is 0.0690. The molecule has 0 aliphatic heterocycles. The van der Waals surface area contributed by atoms with E-state index in [4.69, 9.17) is 14.7 Å². The van der Waals surface area contributed by atoms with Gasteiger partial charge in [-0.15, -0.1) is 11.3 Å². The molecule has 6 rings (SSSR count). The predicted molar refractivity (Wildman–Crippen MR) is 148 cm³/mol. The molecule has 0 saturated carbocycles. The Hall–Kier alpha value is -4.07. The van der Waals surface area contributed by atoms with Crippen molar-refractivity contribution in [2.24, 2.45) is 0 Å². The average Bonchev–Trinajstić information content (AvgIpc) is 3.61. The number of methoxy groups -OCH3 is 1. The number of aromatic nitrogens is 2. The summed E-state index contributed by atoms with van der Waals surface area (Å²) in [6.07, 6.45) is 0. The lowest BCUT2D eigenvalue weighted by Gasteiger charge is -2.21. The lowest BCUT2D eigenvalue weighted by atomic mass is 10.1. The zero-order valence-electron chi connectivity index (χ0n) is 19.4. The van der Waals surface area contributed by atoms with Gasteiger partial charge in [-0.2, -0.15) is 0 Å². The van der Waals surface area contributed by atoms with E-state index in [-0.39, 0.29) is 5.91 Å². The van der Waals surface area contributed by atoms with Crippen molar-refractivity contribution in [1.82, 2.24) is 9.97 Å². The summed E-state index contributed by atoms with van der Waals surface area (Å²) in [4.78, 5) is 26.8. The van der Waals surface area contributed by atoms with Gasteiger partial charge in [0, 0.05) is 5.39 Å². The lowest BCUT2D eigenvalue weighted by molar-refractivity contribution is 0.0986. The highest BCUT2D eigenvalue weighted by Gasteiger charge is 2.25. The Labute approximate surface area is 216 Å². The third-order valence-electron chi connectivity index (χ3n) is 5.96. The van der Waals surface area contributed by atoms with Crippen molar-refractivity contribution in [1.29, 1.82) is 0 Å². The summed E-state index contributed by atoms with van der Waals surface area (Å²) in [6, 6.07) is 29.5. The highest BCUT2D eigenvalue weighted by Crippen LogP contribution is 2.35. The van der Waals surface area contributed by atoms with Crippen LogP contribution in [0.1, 0.15) is 15.9 Å². The standard InChI is InChI=1S/C29H21N3O2S2/c1-34-20-13-14-24-27(16-20)36-29(31-24)32(18-19-8-3-2-4-9-19)28(33)22-17-25(26-12-7-15-35-26)30-23-11-6-5-10-21(22)23/h2-17H,18H2,1H3. The number of ether oxygens (including phenoxy) is 1. The number of rotatable bonds is 6. The van der Waals surface area contributed by atoms with Gasteiger partial charge < -0.3 is 4.74 Å². The van der Waals surface area contributed by atoms with Gasteiger partial charge in [0.2, 0.25) is 0 Å². The number of benzene rings is 3. The van der Waals surface area contributed by atoms with Gasteiger partial charge in [0.15, 0.2) is 5.13 Å². The Balaban J connectivity index is 1.51. The van der Waals surface area contributed by atoms with Gasteiger partial charge in [-0.05, 0) is 47.3 Å². The van der Waals surface area contributed by atoms with Crippen LogP contribution in [0.3, 0.4) is 0 Å². The molecule has 0 saturated heterocycles. The summed E-state index contributed by atoms with van der Waals surface area (Å²) in [5.74, 6) is 0.653. The number of fused-ring (bicyclic) bond motifs is 2. The van der Waals surface area contributed by atoms with E-state index >= 15 is 0 Å². The van der Waals surface area contributed by atoms with Crippen molar-refractivity contribution in [3.63, 3.8) is 0 Å². The molecule has 0 N–H and O–H groups in total. The molecule has 0 unspecified atom stereocenters. The molecule has 0 bridgehead atoms. The maximum Gasteiger partial charge on any atom is 0.261 e. The van der Waals surface area contributed by atoms with Crippen LogP contribution in [0.15, 0.2) is 96.4 Å². The summed E-state index contributed by atoms with van der Waals surface area (Å²) in [6.45, 7) is 0.404. The van der Waals surface area contributed by atoms with Crippen molar-refractivity contribution >= 4 is 54.8 Å². The van der Waals surface area contributed by atoms with Gasteiger partial charge in [-0.3, -0.25) is 9.69 Å². The summed E-state index contributed by atoms with van der Waals surface area (Å²) in [5, 5.41) is 3.49. The highest BCUT2D eigenvalue weighted by atomic mass is 32.1. The van der Waals surface area contributed by atoms with E-state index in [0.29, 0.717) is 17.2 Å². The first-order valence-corrected chi connectivity index (χ1v) is 13.1. The van der Waals surface area contributed by atoms with Crippen molar-refractivity contribution in [3.05, 3.63) is 108 Å². The molecule has 1 amide bonds. The van der Waals surface area contributed by atoms with E-state index in [2.05, 4.69) is 0 Å². The van der Waals surface area contributed by atoms with E-state index in [1.807, 2.05) is 96.4 Å². The Morgan fingerprint density at radius 1 is 0.889 bits per heavy atom. The second-order valence-electron chi connectivity index (χ2n) is 8.26. The smallest absolute Gasteiger partial charge is 0.261 e. The largest absolute Gasteiger partial charge is 0.497 e. The molecule has 3 aromatic heterocycles. The third-order valence-corrected chi connectivity index (χ3v) is 7.90. The quantitative estimate of drug-likeness (QED) is 0.235. The molecule has 6 aromatic rings. The average molecular weight is 508 g/mol. The second kappa shape index (κ2) is 9.53. The summed E-state index contributed by atoms with van der Waals surface area (Å²) < 4.78 is 6.36. The summed E-state index contributed by atoms with van der Waals surface area (Å²) >= 11 is 3.09. The molecule has 176 valence electrons. The molecule has 3 heterocycles. The van der Waals surface area contributed by atoms with Crippen molar-refractivity contribution < 1.29 is 9.53 Å². The minimum atomic E-state index is -0.110. The fourth-order valence-electron chi connectivity index (χ4n) is 4.18. The molecule has 0 atom stereocenters. The van der Waals surface area contributed by atoms with Crippen LogP contribution in [0, 0.1) is 0 Å². The number of carbonyl (C=O) groups is 1. The van der Waals surface area contributed by atoms with Crippen LogP contribution in [0.2, 0.25) is 0 Å². The molecule has 0 spiro atoms. The highest BCUT2D eigenvalue weighted by molar-refractivity contribution is 7.22. The fourth-order valence-corrected chi connectivity index (χ4v) is 5.85. The molecule has 0 radical (unpaired) electrons. The molecule has 36 heavy (non-hydrogen) atoms. The maximum absolute atomic E-state index is 14.3. The number of carbonyl (C=O) groups excluding carboxylic acids is 1. The SMILES string of the molecule is COc1ccc2nc(N(Cc3ccccc3)C(=O)c3cc(-c4cccs4)nc4ccccc34)sc2c1. The van der Waals surface area contributed by atoms with Crippen LogP contribution in [0.25, 0.3) is 31.7 Å². The third kappa shape index (κ3) is 4.23. The number of thiazole rings is 1. The number of amides is 1. The minimum Gasteiger partial charge on any atom is -0.497 e. The molecule has 0 aliphatic rings. The zero-order chi connectivity index (χ0) is 24.5. The zero-order valence-corrected chi connectivity index (χ0v) is 21.1. The first-order chi connectivity index (χ1) is 17.7. The lowest BCUT2D eigenvalue weighted by Crippen LogP contribution is -2.30.